The van der Waals surface area contributed by atoms with Crippen LogP contribution in [0.3, 0.4) is 0 Å². The molecule has 4 atom stereocenters. The number of ether oxygens (including phenoxy) is 2. The molecule has 1 aromatic rings. The van der Waals surface area contributed by atoms with Crippen molar-refractivity contribution in [2.75, 3.05) is 13.7 Å². The standard InChI is InChI=1S/C19H24O7/c1-12(21)26-19(18(23)24,15-6-4-3-5-7-15)16-8-13(10-17(22)25-2)14(9-16)11-20/h3-7,13-14,16,20H,8-11H2,1-2H3,(H,23,24)/p-1. The van der Waals surface area contributed by atoms with E-state index in [0.29, 0.717) is 5.56 Å². The second-order valence-electron chi connectivity index (χ2n) is 6.63. The molecule has 0 spiro atoms. The van der Waals surface area contributed by atoms with E-state index in [-0.39, 0.29) is 37.7 Å². The molecule has 4 unspecified atom stereocenters. The number of carboxylic acids is 1. The second-order valence-corrected chi connectivity index (χ2v) is 6.63. The molecule has 1 aromatic carbocycles. The van der Waals surface area contributed by atoms with E-state index in [1.54, 1.807) is 30.3 Å². The van der Waals surface area contributed by atoms with E-state index in [4.69, 9.17) is 4.74 Å². The molecule has 1 aliphatic carbocycles. The lowest BCUT2D eigenvalue weighted by molar-refractivity contribution is -0.331. The van der Waals surface area contributed by atoms with Gasteiger partial charge in [0, 0.05) is 31.4 Å². The molecule has 1 aliphatic rings. The van der Waals surface area contributed by atoms with Gasteiger partial charge in [-0.05, 0) is 24.7 Å². The van der Waals surface area contributed by atoms with Crippen molar-refractivity contribution >= 4 is 17.9 Å². The third kappa shape index (κ3) is 3.88. The summed E-state index contributed by atoms with van der Waals surface area (Å²) in [7, 11) is 1.27. The number of carbonyl (C=O) groups is 3. The van der Waals surface area contributed by atoms with Crippen LogP contribution in [0.2, 0.25) is 0 Å². The SMILES string of the molecule is COC(=O)CC1CC(C(OC(C)=O)(C(=O)[O-])c2ccccc2)CC1CO. The topological polar surface area (TPSA) is 113 Å². The average molecular weight is 363 g/mol. The molecule has 0 radical (unpaired) electrons. The summed E-state index contributed by atoms with van der Waals surface area (Å²) >= 11 is 0. The molecule has 2 rings (SSSR count). The molecule has 1 fully saturated rings. The van der Waals surface area contributed by atoms with Crippen LogP contribution in [0.25, 0.3) is 0 Å². The van der Waals surface area contributed by atoms with Crippen molar-refractivity contribution in [3.05, 3.63) is 35.9 Å². The van der Waals surface area contributed by atoms with Crippen molar-refractivity contribution in [2.45, 2.75) is 31.8 Å². The predicted molar refractivity (Wildman–Crippen MR) is 88.3 cm³/mol. The van der Waals surface area contributed by atoms with Crippen LogP contribution < -0.4 is 5.11 Å². The van der Waals surface area contributed by atoms with Gasteiger partial charge < -0.3 is 24.5 Å². The van der Waals surface area contributed by atoms with E-state index in [2.05, 4.69) is 4.74 Å². The fraction of sp³-hybridized carbons (Fsp3) is 0.526. The molecule has 0 amide bonds. The van der Waals surface area contributed by atoms with E-state index < -0.39 is 29.4 Å². The number of hydrogen-bond acceptors (Lipinski definition) is 7. The molecular weight excluding hydrogens is 340 g/mol. The van der Waals surface area contributed by atoms with Gasteiger partial charge in [-0.3, -0.25) is 9.59 Å². The molecular formula is C19H23O7-. The Labute approximate surface area is 151 Å². The molecule has 0 aromatic heterocycles. The number of hydrogen-bond donors (Lipinski definition) is 1. The molecule has 1 saturated carbocycles. The number of benzene rings is 1. The zero-order valence-electron chi connectivity index (χ0n) is 14.8. The summed E-state index contributed by atoms with van der Waals surface area (Å²) in [6.45, 7) is 0.946. The number of aliphatic carboxylic acids is 1. The molecule has 0 saturated heterocycles. The van der Waals surface area contributed by atoms with Crippen LogP contribution in [0.5, 0.6) is 0 Å². The van der Waals surface area contributed by atoms with E-state index in [9.17, 15) is 24.6 Å². The smallest absolute Gasteiger partial charge is 0.305 e. The summed E-state index contributed by atoms with van der Waals surface area (Å²) in [4.78, 5) is 35.5. The number of aliphatic hydroxyl groups is 1. The zero-order valence-corrected chi connectivity index (χ0v) is 14.8. The minimum absolute atomic E-state index is 0.0657. The quantitative estimate of drug-likeness (QED) is 0.697. The third-order valence-electron chi connectivity index (χ3n) is 5.12. The number of rotatable bonds is 7. The van der Waals surface area contributed by atoms with Crippen LogP contribution >= 0.6 is 0 Å². The molecule has 7 nitrogen and oxygen atoms in total. The first kappa shape index (κ1) is 19.9. The van der Waals surface area contributed by atoms with Crippen molar-refractivity contribution in [1.29, 1.82) is 0 Å². The third-order valence-corrected chi connectivity index (χ3v) is 5.12. The maximum Gasteiger partial charge on any atom is 0.305 e. The molecule has 0 aliphatic heterocycles. The van der Waals surface area contributed by atoms with Gasteiger partial charge in [-0.25, -0.2) is 0 Å². The number of esters is 2. The summed E-state index contributed by atoms with van der Waals surface area (Å²) < 4.78 is 10.0. The van der Waals surface area contributed by atoms with Gasteiger partial charge in [-0.2, -0.15) is 0 Å². The Morgan fingerprint density at radius 3 is 2.31 bits per heavy atom. The van der Waals surface area contributed by atoms with Crippen LogP contribution in [-0.2, 0) is 29.5 Å². The predicted octanol–water partition coefficient (Wildman–Crippen LogP) is 0.393. The van der Waals surface area contributed by atoms with Gasteiger partial charge in [-0.1, -0.05) is 30.3 Å². The Morgan fingerprint density at radius 1 is 1.19 bits per heavy atom. The Morgan fingerprint density at radius 2 is 1.81 bits per heavy atom. The van der Waals surface area contributed by atoms with Gasteiger partial charge in [0.05, 0.1) is 13.1 Å². The summed E-state index contributed by atoms with van der Waals surface area (Å²) in [6.07, 6.45) is 0.640. The lowest BCUT2D eigenvalue weighted by atomic mass is 9.79. The summed E-state index contributed by atoms with van der Waals surface area (Å²) in [6, 6.07) is 8.17. The first-order chi connectivity index (χ1) is 12.3. The van der Waals surface area contributed by atoms with Crippen LogP contribution in [0.1, 0.15) is 31.7 Å². The highest BCUT2D eigenvalue weighted by molar-refractivity contribution is 5.82. The second kappa shape index (κ2) is 8.31. The van der Waals surface area contributed by atoms with Gasteiger partial charge in [0.25, 0.3) is 0 Å². The maximum atomic E-state index is 12.2. The minimum Gasteiger partial charge on any atom is -0.545 e. The highest BCUT2D eigenvalue weighted by atomic mass is 16.6. The molecule has 7 heteroatoms. The van der Waals surface area contributed by atoms with Gasteiger partial charge in [0.15, 0.2) is 5.60 Å². The Bertz CT molecular complexity index is 657. The van der Waals surface area contributed by atoms with Crippen LogP contribution in [0, 0.1) is 17.8 Å². The van der Waals surface area contributed by atoms with Gasteiger partial charge in [0.2, 0.25) is 0 Å². The lowest BCUT2D eigenvalue weighted by Crippen LogP contribution is -2.53. The van der Waals surface area contributed by atoms with Crippen molar-refractivity contribution in [3.63, 3.8) is 0 Å². The largest absolute Gasteiger partial charge is 0.545 e. The highest BCUT2D eigenvalue weighted by Gasteiger charge is 2.51. The monoisotopic (exact) mass is 363 g/mol. The average Bonchev–Trinajstić information content (AvgIpc) is 3.02. The Kier molecular flexibility index (Phi) is 6.37. The molecule has 142 valence electrons. The van der Waals surface area contributed by atoms with Crippen molar-refractivity contribution < 1.29 is 34.1 Å². The molecule has 1 N–H and O–H groups in total. The molecule has 0 heterocycles. The zero-order chi connectivity index (χ0) is 19.3. The first-order valence-electron chi connectivity index (χ1n) is 8.49. The normalized spacial score (nSPS) is 24.5. The van der Waals surface area contributed by atoms with E-state index in [0.717, 1.165) is 6.92 Å². The van der Waals surface area contributed by atoms with Crippen molar-refractivity contribution in [1.82, 2.24) is 0 Å². The number of carboxylic acid groups (broad SMARTS) is 1. The minimum atomic E-state index is -1.97. The van der Waals surface area contributed by atoms with Crippen LogP contribution in [0.15, 0.2) is 30.3 Å². The van der Waals surface area contributed by atoms with Crippen LogP contribution in [0.4, 0.5) is 0 Å². The van der Waals surface area contributed by atoms with E-state index in [1.165, 1.54) is 7.11 Å². The number of aliphatic hydroxyl groups excluding tert-OH is 1. The molecule has 0 bridgehead atoms. The van der Waals surface area contributed by atoms with Crippen molar-refractivity contribution in [2.24, 2.45) is 17.8 Å². The first-order valence-corrected chi connectivity index (χ1v) is 8.49. The summed E-state index contributed by atoms with van der Waals surface area (Å²) in [5.41, 5.74) is -1.67. The van der Waals surface area contributed by atoms with E-state index in [1.807, 2.05) is 0 Å². The van der Waals surface area contributed by atoms with Gasteiger partial charge in [0.1, 0.15) is 0 Å². The fourth-order valence-electron chi connectivity index (χ4n) is 3.93. The number of carbonyl (C=O) groups excluding carboxylic acids is 3. The van der Waals surface area contributed by atoms with E-state index >= 15 is 0 Å². The maximum absolute atomic E-state index is 12.2. The number of methoxy groups -OCH3 is 1. The van der Waals surface area contributed by atoms with Crippen LogP contribution in [-0.4, -0.2) is 36.7 Å². The highest BCUT2D eigenvalue weighted by Crippen LogP contribution is 2.49. The Balaban J connectivity index is 2.44. The Hall–Kier alpha value is -2.41. The van der Waals surface area contributed by atoms with Crippen molar-refractivity contribution in [3.8, 4) is 0 Å². The van der Waals surface area contributed by atoms with Gasteiger partial charge >= 0.3 is 11.9 Å². The summed E-state index contributed by atoms with van der Waals surface area (Å²) in [5, 5.41) is 21.9. The summed E-state index contributed by atoms with van der Waals surface area (Å²) in [5.74, 6) is -3.88. The fourth-order valence-corrected chi connectivity index (χ4v) is 3.93. The van der Waals surface area contributed by atoms with Gasteiger partial charge in [-0.15, -0.1) is 0 Å². The molecule has 26 heavy (non-hydrogen) atoms. The lowest BCUT2D eigenvalue weighted by Gasteiger charge is -2.39.